The van der Waals surface area contributed by atoms with E-state index < -0.39 is 0 Å². The zero-order valence-corrected chi connectivity index (χ0v) is 16.2. The summed E-state index contributed by atoms with van der Waals surface area (Å²) >= 11 is 14.1. The maximum atomic E-state index is 6.23. The molecule has 1 fully saturated rings. The number of piperazine rings is 1. The molecule has 0 aromatic carbocycles. The lowest BCUT2D eigenvalue weighted by molar-refractivity contribution is 0.127. The van der Waals surface area contributed by atoms with Crippen LogP contribution in [0, 0.1) is 0 Å². The molecule has 1 aliphatic heterocycles. The molecule has 0 saturated carbocycles. The predicted octanol–water partition coefficient (Wildman–Crippen LogP) is 4.06. The Morgan fingerprint density at radius 2 is 1.88 bits per heavy atom. The van der Waals surface area contributed by atoms with Crippen molar-refractivity contribution in [1.29, 1.82) is 0 Å². The average molecular weight is 395 g/mol. The van der Waals surface area contributed by atoms with Crippen molar-refractivity contribution in [3.05, 3.63) is 56.6 Å². The Morgan fingerprint density at radius 1 is 1.08 bits per heavy atom. The van der Waals surface area contributed by atoms with Gasteiger partial charge in [-0.2, -0.15) is 0 Å². The third-order valence-electron chi connectivity index (χ3n) is 4.63. The number of imidazole rings is 1. The van der Waals surface area contributed by atoms with Crippen LogP contribution in [0.4, 0.5) is 0 Å². The van der Waals surface area contributed by atoms with E-state index in [0.29, 0.717) is 10.0 Å². The van der Waals surface area contributed by atoms with Gasteiger partial charge in [-0.1, -0.05) is 29.3 Å². The minimum Gasteiger partial charge on any atom is -0.304 e. The van der Waals surface area contributed by atoms with E-state index in [-0.39, 0.29) is 0 Å². The number of nitrogens with zero attached hydrogens (tertiary/aromatic N) is 4. The molecule has 3 aromatic heterocycles. The minimum atomic E-state index is 0.595. The zero-order chi connectivity index (χ0) is 17.2. The van der Waals surface area contributed by atoms with Gasteiger partial charge in [-0.25, -0.2) is 4.98 Å². The summed E-state index contributed by atoms with van der Waals surface area (Å²) in [6, 6.07) is 6.09. The summed E-state index contributed by atoms with van der Waals surface area (Å²) in [6.45, 7) is 6.39. The van der Waals surface area contributed by atoms with Gasteiger partial charge in [0.1, 0.15) is 0 Å². The highest BCUT2D eigenvalue weighted by molar-refractivity contribution is 7.09. The molecule has 0 N–H and O–H groups in total. The van der Waals surface area contributed by atoms with Crippen molar-refractivity contribution >= 4 is 40.2 Å². The summed E-state index contributed by atoms with van der Waals surface area (Å²) in [4.78, 5) is 11.1. The fourth-order valence-corrected chi connectivity index (χ4v) is 4.50. The van der Waals surface area contributed by atoms with Crippen molar-refractivity contribution in [2.24, 2.45) is 0 Å². The lowest BCUT2D eigenvalue weighted by atomic mass is 10.2. The van der Waals surface area contributed by atoms with Gasteiger partial charge in [-0.3, -0.25) is 4.90 Å². The molecule has 0 spiro atoms. The molecule has 0 unspecified atom stereocenters. The van der Waals surface area contributed by atoms with Crippen molar-refractivity contribution in [2.45, 2.75) is 13.0 Å². The number of halogens is 2. The molecule has 25 heavy (non-hydrogen) atoms. The Balaban J connectivity index is 1.32. The topological polar surface area (TPSA) is 23.8 Å². The third-order valence-corrected chi connectivity index (χ3v) is 6.05. The molecular formula is C18H20Cl2N4S. The summed E-state index contributed by atoms with van der Waals surface area (Å²) in [5.74, 6) is 0. The SMILES string of the molecule is Clc1cc(Cl)c2nc(CN3CCN(CCc4cccs4)CC3)cn2c1. The second-order valence-corrected chi connectivity index (χ2v) is 8.29. The molecule has 0 radical (unpaired) electrons. The van der Waals surface area contributed by atoms with Crippen molar-refractivity contribution in [3.8, 4) is 0 Å². The Hall–Kier alpha value is -1.11. The molecule has 0 amide bonds. The molecule has 4 nitrogen and oxygen atoms in total. The van der Waals surface area contributed by atoms with Crippen LogP contribution in [0.15, 0.2) is 36.0 Å². The number of aromatic nitrogens is 2. The van der Waals surface area contributed by atoms with E-state index in [2.05, 4.69) is 32.3 Å². The van der Waals surface area contributed by atoms with Crippen molar-refractivity contribution in [1.82, 2.24) is 19.2 Å². The number of fused-ring (bicyclic) bond motifs is 1. The normalized spacial score (nSPS) is 16.7. The van der Waals surface area contributed by atoms with Crippen LogP contribution in [0.2, 0.25) is 10.0 Å². The van der Waals surface area contributed by atoms with Crippen LogP contribution in [-0.2, 0) is 13.0 Å². The first-order valence-corrected chi connectivity index (χ1v) is 10.1. The van der Waals surface area contributed by atoms with Gasteiger partial charge < -0.3 is 9.30 Å². The van der Waals surface area contributed by atoms with E-state index in [1.807, 2.05) is 28.1 Å². The van der Waals surface area contributed by atoms with Crippen molar-refractivity contribution in [3.63, 3.8) is 0 Å². The average Bonchev–Trinajstić information content (AvgIpc) is 3.23. The lowest BCUT2D eigenvalue weighted by Crippen LogP contribution is -2.46. The molecule has 4 heterocycles. The smallest absolute Gasteiger partial charge is 0.156 e. The largest absolute Gasteiger partial charge is 0.304 e. The van der Waals surface area contributed by atoms with E-state index >= 15 is 0 Å². The molecule has 132 valence electrons. The van der Waals surface area contributed by atoms with Gasteiger partial charge in [0.05, 0.1) is 15.7 Å². The van der Waals surface area contributed by atoms with Crippen LogP contribution in [0.1, 0.15) is 10.6 Å². The molecule has 0 bridgehead atoms. The second-order valence-electron chi connectivity index (χ2n) is 6.42. The second kappa shape index (κ2) is 7.64. The van der Waals surface area contributed by atoms with E-state index in [4.69, 9.17) is 23.2 Å². The van der Waals surface area contributed by atoms with Crippen LogP contribution in [0.3, 0.4) is 0 Å². The lowest BCUT2D eigenvalue weighted by Gasteiger charge is -2.34. The highest BCUT2D eigenvalue weighted by Gasteiger charge is 2.18. The molecule has 1 aliphatic rings. The number of thiophene rings is 1. The van der Waals surface area contributed by atoms with Crippen LogP contribution in [0.25, 0.3) is 5.65 Å². The summed E-state index contributed by atoms with van der Waals surface area (Å²) < 4.78 is 1.91. The molecule has 4 rings (SSSR count). The summed E-state index contributed by atoms with van der Waals surface area (Å²) in [6.07, 6.45) is 5.03. The summed E-state index contributed by atoms with van der Waals surface area (Å²) in [5, 5.41) is 3.37. The van der Waals surface area contributed by atoms with Crippen molar-refractivity contribution in [2.75, 3.05) is 32.7 Å². The van der Waals surface area contributed by atoms with E-state index in [1.165, 1.54) is 4.88 Å². The Labute approximate surface area is 161 Å². The third kappa shape index (κ3) is 4.18. The van der Waals surface area contributed by atoms with Gasteiger partial charge in [0.25, 0.3) is 0 Å². The molecular weight excluding hydrogens is 375 g/mol. The first-order chi connectivity index (χ1) is 12.2. The highest BCUT2D eigenvalue weighted by Crippen LogP contribution is 2.22. The minimum absolute atomic E-state index is 0.595. The van der Waals surface area contributed by atoms with E-state index in [1.54, 1.807) is 6.07 Å². The highest BCUT2D eigenvalue weighted by atomic mass is 35.5. The summed E-state index contributed by atoms with van der Waals surface area (Å²) in [7, 11) is 0. The quantitative estimate of drug-likeness (QED) is 0.651. The van der Waals surface area contributed by atoms with Crippen LogP contribution in [0.5, 0.6) is 0 Å². The van der Waals surface area contributed by atoms with E-state index in [0.717, 1.165) is 57.0 Å². The zero-order valence-electron chi connectivity index (χ0n) is 13.9. The molecule has 3 aromatic rings. The fraction of sp³-hybridized carbons (Fsp3) is 0.389. The van der Waals surface area contributed by atoms with Crippen LogP contribution < -0.4 is 0 Å². The van der Waals surface area contributed by atoms with Crippen LogP contribution in [-0.4, -0.2) is 51.9 Å². The molecule has 1 saturated heterocycles. The standard InChI is InChI=1S/C18H20Cl2N4S/c19-14-10-17(20)18-21-15(13-24(18)11-14)12-23-7-5-22(6-8-23)4-3-16-2-1-9-25-16/h1-2,9-11,13H,3-8,12H2. The van der Waals surface area contributed by atoms with Gasteiger partial charge in [0.2, 0.25) is 0 Å². The number of rotatable bonds is 5. The van der Waals surface area contributed by atoms with Crippen LogP contribution >= 0.6 is 34.5 Å². The van der Waals surface area contributed by atoms with Crippen molar-refractivity contribution < 1.29 is 0 Å². The van der Waals surface area contributed by atoms with E-state index in [9.17, 15) is 0 Å². The number of hydrogen-bond donors (Lipinski definition) is 0. The number of pyridine rings is 1. The van der Waals surface area contributed by atoms with Gasteiger partial charge in [-0.05, 0) is 23.9 Å². The number of hydrogen-bond acceptors (Lipinski definition) is 4. The fourth-order valence-electron chi connectivity index (χ4n) is 3.27. The van der Waals surface area contributed by atoms with Gasteiger partial charge in [0, 0.05) is 56.5 Å². The molecule has 7 heteroatoms. The Morgan fingerprint density at radius 3 is 2.64 bits per heavy atom. The maximum Gasteiger partial charge on any atom is 0.156 e. The van der Waals surface area contributed by atoms with Gasteiger partial charge in [-0.15, -0.1) is 11.3 Å². The van der Waals surface area contributed by atoms with Gasteiger partial charge >= 0.3 is 0 Å². The first-order valence-electron chi connectivity index (χ1n) is 8.47. The Bertz CT molecular complexity index is 838. The monoisotopic (exact) mass is 394 g/mol. The predicted molar refractivity (Wildman–Crippen MR) is 105 cm³/mol. The molecule has 0 aliphatic carbocycles. The Kier molecular flexibility index (Phi) is 5.29. The first kappa shape index (κ1) is 17.3. The maximum absolute atomic E-state index is 6.23. The molecule has 0 atom stereocenters. The summed E-state index contributed by atoms with van der Waals surface area (Å²) in [5.41, 5.74) is 1.81. The van der Waals surface area contributed by atoms with Gasteiger partial charge in [0.15, 0.2) is 5.65 Å².